The van der Waals surface area contributed by atoms with Crippen LogP contribution in [0.25, 0.3) is 22.1 Å². The largest absolute Gasteiger partial charge is 0.497 e. The van der Waals surface area contributed by atoms with E-state index in [1.165, 1.54) is 6.26 Å². The summed E-state index contributed by atoms with van der Waals surface area (Å²) in [5.74, 6) is 2.12. The first-order valence-electron chi connectivity index (χ1n) is 8.17. The quantitative estimate of drug-likeness (QED) is 0.506. The highest BCUT2D eigenvalue weighted by atomic mass is 16.5. The van der Waals surface area contributed by atoms with Gasteiger partial charge in [0.05, 0.1) is 18.1 Å². The Morgan fingerprint density at radius 3 is 2.23 bits per heavy atom. The van der Waals surface area contributed by atoms with E-state index >= 15 is 0 Å². The van der Waals surface area contributed by atoms with Gasteiger partial charge in [-0.3, -0.25) is 4.79 Å². The Hall–Kier alpha value is -3.53. The highest BCUT2D eigenvalue weighted by Gasteiger charge is 2.10. The molecule has 0 unspecified atom stereocenters. The maximum Gasteiger partial charge on any atom is 0.200 e. The molecule has 1 aromatic heterocycles. The van der Waals surface area contributed by atoms with Crippen molar-refractivity contribution in [2.75, 3.05) is 7.11 Å². The molecule has 0 aliphatic heterocycles. The second kappa shape index (κ2) is 6.76. The summed E-state index contributed by atoms with van der Waals surface area (Å²) < 4.78 is 16.6. The second-order valence-electron chi connectivity index (χ2n) is 5.78. The number of rotatable bonds is 4. The zero-order valence-electron chi connectivity index (χ0n) is 14.1. The normalized spacial score (nSPS) is 10.7. The van der Waals surface area contributed by atoms with Gasteiger partial charge >= 0.3 is 0 Å². The monoisotopic (exact) mass is 344 g/mol. The van der Waals surface area contributed by atoms with Crippen molar-refractivity contribution in [2.24, 2.45) is 0 Å². The number of benzene rings is 3. The maximum atomic E-state index is 12.8. The van der Waals surface area contributed by atoms with Crippen molar-refractivity contribution in [3.05, 3.63) is 89.3 Å². The summed E-state index contributed by atoms with van der Waals surface area (Å²) >= 11 is 0. The van der Waals surface area contributed by atoms with Gasteiger partial charge in [-0.2, -0.15) is 0 Å². The van der Waals surface area contributed by atoms with Crippen LogP contribution in [0.2, 0.25) is 0 Å². The molecule has 0 radical (unpaired) electrons. The van der Waals surface area contributed by atoms with Crippen molar-refractivity contribution in [2.45, 2.75) is 0 Å². The van der Waals surface area contributed by atoms with Gasteiger partial charge in [0.15, 0.2) is 5.43 Å². The number of fused-ring (bicyclic) bond motifs is 1. The number of hydrogen-bond donors (Lipinski definition) is 0. The maximum absolute atomic E-state index is 12.8. The molecule has 0 aliphatic rings. The summed E-state index contributed by atoms with van der Waals surface area (Å²) in [7, 11) is 1.58. The minimum absolute atomic E-state index is 0.0781. The fraction of sp³-hybridized carbons (Fsp3) is 0.0455. The molecule has 0 aliphatic carbocycles. The van der Waals surface area contributed by atoms with Gasteiger partial charge < -0.3 is 13.9 Å². The van der Waals surface area contributed by atoms with Crippen molar-refractivity contribution < 1.29 is 13.9 Å². The minimum Gasteiger partial charge on any atom is -0.497 e. The summed E-state index contributed by atoms with van der Waals surface area (Å²) in [5, 5.41) is 0.521. The summed E-state index contributed by atoms with van der Waals surface area (Å²) in [6.45, 7) is 0. The van der Waals surface area contributed by atoms with Crippen LogP contribution in [0.15, 0.2) is 88.3 Å². The summed E-state index contributed by atoms with van der Waals surface area (Å²) in [6, 6.07) is 22.1. The van der Waals surface area contributed by atoms with Gasteiger partial charge in [-0.25, -0.2) is 0 Å². The number of methoxy groups -OCH3 is 1. The van der Waals surface area contributed by atoms with E-state index < -0.39 is 0 Å². The van der Waals surface area contributed by atoms with E-state index in [-0.39, 0.29) is 5.43 Å². The average molecular weight is 344 g/mol. The molecule has 0 saturated heterocycles. The Morgan fingerprint density at radius 2 is 1.50 bits per heavy atom. The van der Waals surface area contributed by atoms with Crippen LogP contribution in [0.4, 0.5) is 0 Å². The molecule has 0 saturated carbocycles. The fourth-order valence-corrected chi connectivity index (χ4v) is 2.76. The Bertz CT molecular complexity index is 1100. The third kappa shape index (κ3) is 3.05. The van der Waals surface area contributed by atoms with Crippen LogP contribution in [-0.2, 0) is 0 Å². The standard InChI is InChI=1S/C22H16O4/c1-24-18-11-12-19-21(13-18)25-14-20(22(19)23)15-7-9-17(10-8-15)26-16-5-3-2-4-6-16/h2-14H,1H3. The molecule has 26 heavy (non-hydrogen) atoms. The van der Waals surface area contributed by atoms with Crippen molar-refractivity contribution in [3.63, 3.8) is 0 Å². The molecule has 0 spiro atoms. The average Bonchev–Trinajstić information content (AvgIpc) is 2.69. The molecule has 1 heterocycles. The van der Waals surface area contributed by atoms with E-state index in [2.05, 4.69) is 0 Å². The molecular weight excluding hydrogens is 328 g/mol. The second-order valence-corrected chi connectivity index (χ2v) is 5.78. The number of para-hydroxylation sites is 1. The van der Waals surface area contributed by atoms with Crippen LogP contribution in [0.3, 0.4) is 0 Å². The van der Waals surface area contributed by atoms with Gasteiger partial charge in [-0.1, -0.05) is 30.3 Å². The van der Waals surface area contributed by atoms with Crippen LogP contribution >= 0.6 is 0 Å². The van der Waals surface area contributed by atoms with Crippen molar-refractivity contribution in [1.29, 1.82) is 0 Å². The lowest BCUT2D eigenvalue weighted by Crippen LogP contribution is -2.04. The molecule has 4 heteroatoms. The lowest BCUT2D eigenvalue weighted by Gasteiger charge is -2.07. The Balaban J connectivity index is 1.67. The van der Waals surface area contributed by atoms with E-state index in [4.69, 9.17) is 13.9 Å². The molecule has 4 rings (SSSR count). The first-order chi connectivity index (χ1) is 12.7. The van der Waals surface area contributed by atoms with Crippen molar-refractivity contribution in [1.82, 2.24) is 0 Å². The van der Waals surface area contributed by atoms with Gasteiger partial charge in [-0.15, -0.1) is 0 Å². The molecule has 3 aromatic carbocycles. The first-order valence-corrected chi connectivity index (χ1v) is 8.17. The summed E-state index contributed by atoms with van der Waals surface area (Å²) in [6.07, 6.45) is 1.48. The van der Waals surface area contributed by atoms with Crippen LogP contribution in [0.1, 0.15) is 0 Å². The molecule has 0 atom stereocenters. The summed E-state index contributed by atoms with van der Waals surface area (Å²) in [4.78, 5) is 12.8. The van der Waals surface area contributed by atoms with Gasteiger partial charge in [0.1, 0.15) is 29.1 Å². The Labute approximate surface area is 150 Å². The van der Waals surface area contributed by atoms with Gasteiger partial charge in [0.25, 0.3) is 0 Å². The van der Waals surface area contributed by atoms with Crippen LogP contribution in [0.5, 0.6) is 17.2 Å². The summed E-state index contributed by atoms with van der Waals surface area (Å²) in [5.41, 5.74) is 1.71. The van der Waals surface area contributed by atoms with E-state index in [1.54, 1.807) is 25.3 Å². The molecule has 4 nitrogen and oxygen atoms in total. The topological polar surface area (TPSA) is 48.7 Å². The van der Waals surface area contributed by atoms with E-state index in [1.807, 2.05) is 54.6 Å². The van der Waals surface area contributed by atoms with Crippen LogP contribution < -0.4 is 14.9 Å². The predicted octanol–water partition coefficient (Wildman–Crippen LogP) is 5.26. The molecule has 0 fully saturated rings. The van der Waals surface area contributed by atoms with Crippen LogP contribution in [-0.4, -0.2) is 7.11 Å². The molecule has 0 N–H and O–H groups in total. The Morgan fingerprint density at radius 1 is 0.808 bits per heavy atom. The zero-order chi connectivity index (χ0) is 17.9. The van der Waals surface area contributed by atoms with Gasteiger partial charge in [0.2, 0.25) is 0 Å². The third-order valence-electron chi connectivity index (χ3n) is 4.13. The third-order valence-corrected chi connectivity index (χ3v) is 4.13. The minimum atomic E-state index is -0.0781. The molecular formula is C22H16O4. The van der Waals surface area contributed by atoms with Crippen molar-refractivity contribution >= 4 is 11.0 Å². The molecule has 4 aromatic rings. The van der Waals surface area contributed by atoms with E-state index in [0.717, 1.165) is 11.3 Å². The smallest absolute Gasteiger partial charge is 0.200 e. The van der Waals surface area contributed by atoms with E-state index in [9.17, 15) is 4.79 Å². The first kappa shape index (κ1) is 16.0. The van der Waals surface area contributed by atoms with Gasteiger partial charge in [0, 0.05) is 6.07 Å². The molecule has 128 valence electrons. The molecule has 0 bridgehead atoms. The number of ether oxygens (including phenoxy) is 2. The Kier molecular flexibility index (Phi) is 4.15. The zero-order valence-corrected chi connectivity index (χ0v) is 14.1. The SMILES string of the molecule is COc1ccc2c(=O)c(-c3ccc(Oc4ccccc4)cc3)coc2c1. The predicted molar refractivity (Wildman–Crippen MR) is 101 cm³/mol. The van der Waals surface area contributed by atoms with E-state index in [0.29, 0.717) is 28.0 Å². The van der Waals surface area contributed by atoms with Crippen LogP contribution in [0, 0.1) is 0 Å². The highest BCUT2D eigenvalue weighted by Crippen LogP contribution is 2.26. The number of hydrogen-bond acceptors (Lipinski definition) is 4. The van der Waals surface area contributed by atoms with Gasteiger partial charge in [-0.05, 0) is 42.0 Å². The lowest BCUT2D eigenvalue weighted by molar-refractivity contribution is 0.414. The van der Waals surface area contributed by atoms with Crippen molar-refractivity contribution in [3.8, 4) is 28.4 Å². The fourth-order valence-electron chi connectivity index (χ4n) is 2.76. The lowest BCUT2D eigenvalue weighted by atomic mass is 10.1. The molecule has 0 amide bonds. The highest BCUT2D eigenvalue weighted by molar-refractivity contribution is 5.82.